The minimum atomic E-state index is -0.292. The number of rotatable bonds is 6. The SMILES string of the molecule is CCCN(CC(=O)NC)c1snc(N)c1C(=O)NC. The van der Waals surface area contributed by atoms with Crippen LogP contribution in [0.2, 0.25) is 0 Å². The molecule has 7 nitrogen and oxygen atoms in total. The van der Waals surface area contributed by atoms with Crippen molar-refractivity contribution in [1.82, 2.24) is 15.0 Å². The van der Waals surface area contributed by atoms with E-state index in [0.29, 0.717) is 17.1 Å². The molecule has 0 unspecified atom stereocenters. The fourth-order valence-electron chi connectivity index (χ4n) is 1.62. The number of hydrogen-bond acceptors (Lipinski definition) is 6. The van der Waals surface area contributed by atoms with E-state index in [2.05, 4.69) is 15.0 Å². The summed E-state index contributed by atoms with van der Waals surface area (Å²) < 4.78 is 4.01. The Morgan fingerprint density at radius 3 is 2.58 bits per heavy atom. The lowest BCUT2D eigenvalue weighted by atomic mass is 10.2. The minimum Gasteiger partial charge on any atom is -0.382 e. The smallest absolute Gasteiger partial charge is 0.257 e. The highest BCUT2D eigenvalue weighted by Crippen LogP contribution is 2.30. The molecule has 106 valence electrons. The van der Waals surface area contributed by atoms with Gasteiger partial charge in [0.1, 0.15) is 10.6 Å². The van der Waals surface area contributed by atoms with Crippen LogP contribution in [0.5, 0.6) is 0 Å². The molecule has 1 aromatic rings. The van der Waals surface area contributed by atoms with Crippen LogP contribution < -0.4 is 21.3 Å². The highest BCUT2D eigenvalue weighted by Gasteiger charge is 2.23. The lowest BCUT2D eigenvalue weighted by molar-refractivity contribution is -0.119. The van der Waals surface area contributed by atoms with Gasteiger partial charge < -0.3 is 21.3 Å². The molecular formula is C11H19N5O2S. The molecule has 0 aliphatic rings. The second-order valence-electron chi connectivity index (χ2n) is 3.92. The number of aromatic nitrogens is 1. The highest BCUT2D eigenvalue weighted by atomic mass is 32.1. The number of anilines is 2. The zero-order valence-corrected chi connectivity index (χ0v) is 12.1. The summed E-state index contributed by atoms with van der Waals surface area (Å²) in [5.74, 6) is -0.222. The Morgan fingerprint density at radius 1 is 1.37 bits per heavy atom. The number of amides is 2. The third-order valence-electron chi connectivity index (χ3n) is 2.55. The zero-order chi connectivity index (χ0) is 14.4. The van der Waals surface area contributed by atoms with Gasteiger partial charge in [0.25, 0.3) is 5.91 Å². The molecule has 0 spiro atoms. The molecule has 0 bridgehead atoms. The molecule has 8 heteroatoms. The van der Waals surface area contributed by atoms with Crippen molar-refractivity contribution in [3.63, 3.8) is 0 Å². The van der Waals surface area contributed by atoms with Gasteiger partial charge in [-0.3, -0.25) is 9.59 Å². The summed E-state index contributed by atoms with van der Waals surface area (Å²) in [5.41, 5.74) is 6.06. The summed E-state index contributed by atoms with van der Waals surface area (Å²) in [7, 11) is 3.11. The van der Waals surface area contributed by atoms with Crippen molar-refractivity contribution in [3.8, 4) is 0 Å². The summed E-state index contributed by atoms with van der Waals surface area (Å²) in [6.07, 6.45) is 0.849. The molecule has 0 saturated heterocycles. The van der Waals surface area contributed by atoms with Crippen molar-refractivity contribution in [1.29, 1.82) is 0 Å². The summed E-state index contributed by atoms with van der Waals surface area (Å²) in [4.78, 5) is 25.2. The van der Waals surface area contributed by atoms with E-state index in [0.717, 1.165) is 18.0 Å². The largest absolute Gasteiger partial charge is 0.382 e. The molecular weight excluding hydrogens is 266 g/mol. The van der Waals surface area contributed by atoms with E-state index in [9.17, 15) is 9.59 Å². The molecule has 4 N–H and O–H groups in total. The number of likely N-dealkylation sites (N-methyl/N-ethyl adjacent to an activating group) is 1. The van der Waals surface area contributed by atoms with Gasteiger partial charge in [-0.1, -0.05) is 6.92 Å². The van der Waals surface area contributed by atoms with Gasteiger partial charge in [0.05, 0.1) is 6.54 Å². The normalized spacial score (nSPS) is 10.1. The van der Waals surface area contributed by atoms with Crippen molar-refractivity contribution in [2.45, 2.75) is 13.3 Å². The number of carbonyl (C=O) groups is 2. The first kappa shape index (κ1) is 15.2. The van der Waals surface area contributed by atoms with Crippen LogP contribution in [0, 0.1) is 0 Å². The lowest BCUT2D eigenvalue weighted by Gasteiger charge is -2.22. The van der Waals surface area contributed by atoms with Gasteiger partial charge in [-0.05, 0) is 18.0 Å². The Labute approximate surface area is 116 Å². The van der Waals surface area contributed by atoms with Crippen molar-refractivity contribution < 1.29 is 9.59 Å². The fraction of sp³-hybridized carbons (Fsp3) is 0.545. The predicted molar refractivity (Wildman–Crippen MR) is 76.5 cm³/mol. The van der Waals surface area contributed by atoms with E-state index in [1.165, 1.54) is 7.05 Å². The molecule has 19 heavy (non-hydrogen) atoms. The van der Waals surface area contributed by atoms with E-state index in [1.54, 1.807) is 7.05 Å². The number of nitrogen functional groups attached to an aromatic ring is 1. The Hall–Kier alpha value is -1.83. The first-order valence-electron chi connectivity index (χ1n) is 5.97. The van der Waals surface area contributed by atoms with Crippen LogP contribution in [-0.2, 0) is 4.79 Å². The number of carbonyl (C=O) groups excluding carboxylic acids is 2. The Balaban J connectivity index is 3.08. The number of nitrogens with one attached hydrogen (secondary N) is 2. The Bertz CT molecular complexity index is 460. The summed E-state index contributed by atoms with van der Waals surface area (Å²) in [6, 6.07) is 0. The predicted octanol–water partition coefficient (Wildman–Crippen LogP) is 0.0473. The van der Waals surface area contributed by atoms with E-state index >= 15 is 0 Å². The van der Waals surface area contributed by atoms with Gasteiger partial charge >= 0.3 is 0 Å². The molecule has 2 amide bonds. The topological polar surface area (TPSA) is 100 Å². The number of nitrogens with zero attached hydrogens (tertiary/aromatic N) is 2. The van der Waals surface area contributed by atoms with Gasteiger partial charge in [-0.2, -0.15) is 4.37 Å². The lowest BCUT2D eigenvalue weighted by Crippen LogP contribution is -2.36. The average Bonchev–Trinajstić information content (AvgIpc) is 2.79. The third kappa shape index (κ3) is 3.57. The van der Waals surface area contributed by atoms with Crippen LogP contribution in [0.3, 0.4) is 0 Å². The zero-order valence-electron chi connectivity index (χ0n) is 11.3. The van der Waals surface area contributed by atoms with Gasteiger partial charge in [0, 0.05) is 20.6 Å². The second-order valence-corrected chi connectivity index (χ2v) is 4.67. The van der Waals surface area contributed by atoms with Crippen molar-refractivity contribution >= 4 is 34.2 Å². The quantitative estimate of drug-likeness (QED) is 0.685. The van der Waals surface area contributed by atoms with Gasteiger partial charge in [-0.15, -0.1) is 0 Å². The van der Waals surface area contributed by atoms with Crippen molar-refractivity contribution in [2.24, 2.45) is 0 Å². The molecule has 0 radical (unpaired) electrons. The fourth-order valence-corrected chi connectivity index (χ4v) is 2.46. The van der Waals surface area contributed by atoms with E-state index in [-0.39, 0.29) is 24.2 Å². The molecule has 1 aromatic heterocycles. The molecule has 0 saturated carbocycles. The maximum atomic E-state index is 11.8. The summed E-state index contributed by atoms with van der Waals surface area (Å²) in [5, 5.41) is 5.73. The van der Waals surface area contributed by atoms with Crippen LogP contribution in [0.4, 0.5) is 10.8 Å². The Kier molecular flexibility index (Phi) is 5.56. The first-order valence-corrected chi connectivity index (χ1v) is 6.75. The first-order chi connectivity index (χ1) is 9.04. The van der Waals surface area contributed by atoms with E-state index < -0.39 is 0 Å². The molecule has 0 fully saturated rings. The molecule has 0 aliphatic heterocycles. The van der Waals surface area contributed by atoms with Crippen molar-refractivity contribution in [3.05, 3.63) is 5.56 Å². The molecule has 1 rings (SSSR count). The summed E-state index contributed by atoms with van der Waals surface area (Å²) >= 11 is 1.13. The molecule has 1 heterocycles. The average molecular weight is 285 g/mol. The molecule has 0 aromatic carbocycles. The second kappa shape index (κ2) is 6.93. The van der Waals surface area contributed by atoms with Crippen molar-refractivity contribution in [2.75, 3.05) is 37.8 Å². The van der Waals surface area contributed by atoms with Crippen LogP contribution in [0.25, 0.3) is 0 Å². The maximum absolute atomic E-state index is 11.8. The molecule has 0 aliphatic carbocycles. The van der Waals surface area contributed by atoms with Crippen LogP contribution in [0.15, 0.2) is 0 Å². The van der Waals surface area contributed by atoms with Crippen LogP contribution in [-0.4, -0.2) is 43.4 Å². The highest BCUT2D eigenvalue weighted by molar-refractivity contribution is 7.11. The Morgan fingerprint density at radius 2 is 2.05 bits per heavy atom. The minimum absolute atomic E-state index is 0.122. The van der Waals surface area contributed by atoms with Crippen LogP contribution in [0.1, 0.15) is 23.7 Å². The maximum Gasteiger partial charge on any atom is 0.257 e. The monoisotopic (exact) mass is 285 g/mol. The van der Waals surface area contributed by atoms with E-state index in [1.807, 2.05) is 11.8 Å². The third-order valence-corrected chi connectivity index (χ3v) is 3.47. The number of nitrogens with two attached hydrogens (primary N) is 1. The molecule has 0 atom stereocenters. The summed E-state index contributed by atoms with van der Waals surface area (Å²) in [6.45, 7) is 2.83. The van der Waals surface area contributed by atoms with Crippen LogP contribution >= 0.6 is 11.5 Å². The van der Waals surface area contributed by atoms with Gasteiger partial charge in [0.15, 0.2) is 5.82 Å². The standard InChI is InChI=1S/C11H19N5O2S/c1-4-5-16(6-7(17)13-2)11-8(10(18)14-3)9(12)15-19-11/h4-6H2,1-3H3,(H2,12,15)(H,13,17)(H,14,18). The van der Waals surface area contributed by atoms with E-state index in [4.69, 9.17) is 5.73 Å². The number of hydrogen-bond donors (Lipinski definition) is 3. The van der Waals surface area contributed by atoms with Gasteiger partial charge in [0.2, 0.25) is 5.91 Å². The van der Waals surface area contributed by atoms with Gasteiger partial charge in [-0.25, -0.2) is 0 Å².